The van der Waals surface area contributed by atoms with Crippen molar-refractivity contribution in [3.05, 3.63) is 29.3 Å². The summed E-state index contributed by atoms with van der Waals surface area (Å²) in [6, 6.07) is 6.25. The van der Waals surface area contributed by atoms with Crippen molar-refractivity contribution < 1.29 is 4.74 Å². The third-order valence-corrected chi connectivity index (χ3v) is 2.71. The maximum Gasteiger partial charge on any atom is 0.123 e. The highest BCUT2D eigenvalue weighted by Crippen LogP contribution is 2.30. The highest BCUT2D eigenvalue weighted by Gasteiger charge is 2.22. The molecule has 0 fully saturated rings. The summed E-state index contributed by atoms with van der Waals surface area (Å²) in [7, 11) is 5.87. The number of hydrogen-bond acceptors (Lipinski definition) is 3. The van der Waals surface area contributed by atoms with Crippen LogP contribution in [0.3, 0.4) is 0 Å². The van der Waals surface area contributed by atoms with Crippen molar-refractivity contribution in [1.82, 2.24) is 10.0 Å². The van der Waals surface area contributed by atoms with Crippen LogP contribution in [-0.4, -0.2) is 31.2 Å². The molecule has 14 heavy (non-hydrogen) atoms. The molecule has 0 unspecified atom stereocenters. The molecular formula is C11H16N2O. The van der Waals surface area contributed by atoms with Crippen molar-refractivity contribution in [2.75, 3.05) is 21.2 Å². The van der Waals surface area contributed by atoms with Crippen LogP contribution < -0.4 is 4.74 Å². The van der Waals surface area contributed by atoms with Crippen molar-refractivity contribution in [2.24, 2.45) is 0 Å². The van der Waals surface area contributed by atoms with E-state index < -0.39 is 0 Å². The molecule has 1 aromatic carbocycles. The maximum atomic E-state index is 5.34. The topological polar surface area (TPSA) is 15.7 Å². The van der Waals surface area contributed by atoms with Gasteiger partial charge < -0.3 is 4.74 Å². The number of methoxy groups -OCH3 is 1. The fourth-order valence-electron chi connectivity index (χ4n) is 1.85. The molecule has 0 saturated carbocycles. The quantitative estimate of drug-likeness (QED) is 0.706. The third kappa shape index (κ3) is 1.49. The van der Waals surface area contributed by atoms with E-state index in [2.05, 4.69) is 36.2 Å². The highest BCUT2D eigenvalue weighted by molar-refractivity contribution is 5.42. The molecular weight excluding hydrogens is 176 g/mol. The van der Waals surface area contributed by atoms with Crippen LogP contribution in [0.4, 0.5) is 0 Å². The summed E-state index contributed by atoms with van der Waals surface area (Å²) < 4.78 is 5.34. The van der Waals surface area contributed by atoms with Gasteiger partial charge in [0.15, 0.2) is 0 Å². The molecule has 76 valence electrons. The number of ether oxygens (including phenoxy) is 1. The molecule has 3 heteroatoms. The molecule has 0 N–H and O–H groups in total. The van der Waals surface area contributed by atoms with Gasteiger partial charge >= 0.3 is 0 Å². The maximum absolute atomic E-state index is 5.34. The van der Waals surface area contributed by atoms with Crippen molar-refractivity contribution in [3.8, 4) is 5.75 Å². The minimum atomic E-state index is 0.951. The lowest BCUT2D eigenvalue weighted by atomic mass is 10.1. The van der Waals surface area contributed by atoms with Crippen molar-refractivity contribution in [1.29, 1.82) is 0 Å². The molecule has 3 nitrogen and oxygen atoms in total. The van der Waals surface area contributed by atoms with Crippen LogP contribution in [-0.2, 0) is 13.1 Å². The molecule has 1 aliphatic heterocycles. The summed E-state index contributed by atoms with van der Waals surface area (Å²) in [5.41, 5.74) is 2.70. The Morgan fingerprint density at radius 1 is 1.29 bits per heavy atom. The lowest BCUT2D eigenvalue weighted by Gasteiger charge is -2.22. The smallest absolute Gasteiger partial charge is 0.123 e. The van der Waals surface area contributed by atoms with Crippen LogP contribution in [0.25, 0.3) is 0 Å². The van der Waals surface area contributed by atoms with E-state index in [0.29, 0.717) is 0 Å². The van der Waals surface area contributed by atoms with Crippen molar-refractivity contribution >= 4 is 0 Å². The number of rotatable bonds is 2. The van der Waals surface area contributed by atoms with E-state index in [1.807, 2.05) is 6.07 Å². The molecule has 1 heterocycles. The molecule has 2 rings (SSSR count). The second kappa shape index (κ2) is 3.59. The van der Waals surface area contributed by atoms with Crippen LogP contribution in [0.2, 0.25) is 0 Å². The summed E-state index contributed by atoms with van der Waals surface area (Å²) in [5.74, 6) is 1.01. The highest BCUT2D eigenvalue weighted by atomic mass is 16.5. The molecule has 1 aromatic rings. The van der Waals surface area contributed by atoms with Crippen LogP contribution in [0.1, 0.15) is 11.1 Å². The van der Waals surface area contributed by atoms with Gasteiger partial charge in [0.25, 0.3) is 0 Å². The zero-order chi connectivity index (χ0) is 10.1. The average molecular weight is 192 g/mol. The SMILES string of the molecule is COc1cccc2c1CN(N(C)C)C2. The monoisotopic (exact) mass is 192 g/mol. The summed E-state index contributed by atoms with van der Waals surface area (Å²) in [6.07, 6.45) is 0. The Morgan fingerprint density at radius 3 is 2.71 bits per heavy atom. The molecule has 0 atom stereocenters. The Bertz CT molecular complexity index is 336. The van der Waals surface area contributed by atoms with Gasteiger partial charge in [-0.2, -0.15) is 0 Å². The molecule has 0 spiro atoms. The van der Waals surface area contributed by atoms with Gasteiger partial charge in [0.05, 0.1) is 7.11 Å². The van der Waals surface area contributed by atoms with E-state index in [-0.39, 0.29) is 0 Å². The van der Waals surface area contributed by atoms with Gasteiger partial charge in [-0.3, -0.25) is 0 Å². The standard InChI is InChI=1S/C11H16N2O/c1-12(2)13-7-9-5-4-6-11(14-3)10(9)8-13/h4-6H,7-8H2,1-3H3. The van der Waals surface area contributed by atoms with Gasteiger partial charge in [0.1, 0.15) is 5.75 Å². The first kappa shape index (κ1) is 9.49. The summed E-state index contributed by atoms with van der Waals surface area (Å²) in [6.45, 7) is 1.94. The van der Waals surface area contributed by atoms with E-state index in [1.54, 1.807) is 7.11 Å². The first-order valence-corrected chi connectivity index (χ1v) is 4.79. The predicted octanol–water partition coefficient (Wildman–Crippen LogP) is 1.49. The average Bonchev–Trinajstić information content (AvgIpc) is 2.60. The molecule has 0 radical (unpaired) electrons. The van der Waals surface area contributed by atoms with Crippen molar-refractivity contribution in [3.63, 3.8) is 0 Å². The molecule has 0 amide bonds. The predicted molar refractivity (Wildman–Crippen MR) is 55.9 cm³/mol. The van der Waals surface area contributed by atoms with Gasteiger partial charge in [-0.1, -0.05) is 12.1 Å². The zero-order valence-corrected chi connectivity index (χ0v) is 8.95. The zero-order valence-electron chi connectivity index (χ0n) is 8.95. The van der Waals surface area contributed by atoms with Crippen LogP contribution in [0.15, 0.2) is 18.2 Å². The minimum Gasteiger partial charge on any atom is -0.496 e. The Balaban J connectivity index is 2.30. The summed E-state index contributed by atoms with van der Waals surface area (Å²) >= 11 is 0. The summed E-state index contributed by atoms with van der Waals surface area (Å²) in [4.78, 5) is 0. The lowest BCUT2D eigenvalue weighted by molar-refractivity contribution is 0.0206. The summed E-state index contributed by atoms with van der Waals surface area (Å²) in [5, 5.41) is 4.41. The van der Waals surface area contributed by atoms with Crippen LogP contribution in [0, 0.1) is 0 Å². The van der Waals surface area contributed by atoms with Gasteiger partial charge in [0.2, 0.25) is 0 Å². The number of nitrogens with zero attached hydrogens (tertiary/aromatic N) is 2. The molecule has 0 bridgehead atoms. The Morgan fingerprint density at radius 2 is 2.07 bits per heavy atom. The lowest BCUT2D eigenvalue weighted by Crippen LogP contribution is -2.31. The first-order chi connectivity index (χ1) is 6.72. The van der Waals surface area contributed by atoms with Gasteiger partial charge in [-0.15, -0.1) is 0 Å². The fraction of sp³-hybridized carbons (Fsp3) is 0.455. The van der Waals surface area contributed by atoms with E-state index in [4.69, 9.17) is 4.74 Å². The van der Waals surface area contributed by atoms with E-state index in [9.17, 15) is 0 Å². The second-order valence-corrected chi connectivity index (χ2v) is 3.77. The third-order valence-electron chi connectivity index (χ3n) is 2.71. The Hall–Kier alpha value is -1.06. The van der Waals surface area contributed by atoms with E-state index in [1.165, 1.54) is 11.1 Å². The Labute approximate surface area is 84.9 Å². The number of hydrazine groups is 1. The van der Waals surface area contributed by atoms with Crippen LogP contribution in [0.5, 0.6) is 5.75 Å². The number of fused-ring (bicyclic) bond motifs is 1. The van der Waals surface area contributed by atoms with E-state index >= 15 is 0 Å². The van der Waals surface area contributed by atoms with E-state index in [0.717, 1.165) is 18.8 Å². The molecule has 0 aromatic heterocycles. The van der Waals surface area contributed by atoms with Crippen molar-refractivity contribution in [2.45, 2.75) is 13.1 Å². The van der Waals surface area contributed by atoms with Crippen LogP contribution >= 0.6 is 0 Å². The van der Waals surface area contributed by atoms with Gasteiger partial charge in [0, 0.05) is 32.7 Å². The van der Waals surface area contributed by atoms with Gasteiger partial charge in [-0.05, 0) is 11.6 Å². The normalized spacial score (nSPS) is 16.0. The van der Waals surface area contributed by atoms with Gasteiger partial charge in [-0.25, -0.2) is 10.0 Å². The Kier molecular flexibility index (Phi) is 2.44. The fourth-order valence-corrected chi connectivity index (χ4v) is 1.85. The molecule has 0 aliphatic carbocycles. The number of benzene rings is 1. The second-order valence-electron chi connectivity index (χ2n) is 3.77. The molecule has 1 aliphatic rings. The minimum absolute atomic E-state index is 0.951. The molecule has 0 saturated heterocycles. The largest absolute Gasteiger partial charge is 0.496 e. The first-order valence-electron chi connectivity index (χ1n) is 4.79. The number of hydrogen-bond donors (Lipinski definition) is 0.